The molecule has 1 fully saturated rings. The largest absolute Gasteiger partial charge is 0.369 e. The van der Waals surface area contributed by atoms with Crippen LogP contribution in [0.25, 0.3) is 0 Å². The van der Waals surface area contributed by atoms with Crippen LogP contribution in [0.15, 0.2) is 0 Å². The van der Waals surface area contributed by atoms with E-state index in [1.54, 1.807) is 0 Å². The average Bonchev–Trinajstić information content (AvgIpc) is 2.48. The minimum absolute atomic E-state index is 0.0720. The molecule has 4 heteroatoms. The molecule has 0 aromatic heterocycles. The van der Waals surface area contributed by atoms with Crippen LogP contribution in [0.5, 0.6) is 0 Å². The van der Waals surface area contributed by atoms with E-state index in [1.807, 2.05) is 0 Å². The SMILES string of the molecule is NCCCN1CCC(C(N)=O)C1. The maximum absolute atomic E-state index is 10.8. The highest BCUT2D eigenvalue weighted by Crippen LogP contribution is 2.15. The molecular formula is C8H17N3O. The lowest BCUT2D eigenvalue weighted by atomic mass is 10.1. The van der Waals surface area contributed by atoms with Crippen molar-refractivity contribution in [3.63, 3.8) is 0 Å². The zero-order chi connectivity index (χ0) is 8.97. The molecule has 1 aliphatic rings. The van der Waals surface area contributed by atoms with Gasteiger partial charge in [0.2, 0.25) is 5.91 Å². The Hall–Kier alpha value is -0.610. The van der Waals surface area contributed by atoms with Crippen molar-refractivity contribution in [2.75, 3.05) is 26.2 Å². The molecule has 0 aromatic rings. The first kappa shape index (κ1) is 9.48. The van der Waals surface area contributed by atoms with Crippen molar-refractivity contribution in [2.45, 2.75) is 12.8 Å². The van der Waals surface area contributed by atoms with Crippen LogP contribution in [0.3, 0.4) is 0 Å². The number of carbonyl (C=O) groups is 1. The molecule has 1 rings (SSSR count). The molecule has 4 N–H and O–H groups in total. The van der Waals surface area contributed by atoms with E-state index in [9.17, 15) is 4.79 Å². The molecule has 0 radical (unpaired) electrons. The first-order valence-corrected chi connectivity index (χ1v) is 4.45. The molecular weight excluding hydrogens is 154 g/mol. The number of nitrogens with two attached hydrogens (primary N) is 2. The number of hydrogen-bond donors (Lipinski definition) is 2. The lowest BCUT2D eigenvalue weighted by Crippen LogP contribution is -2.28. The molecule has 70 valence electrons. The summed E-state index contributed by atoms with van der Waals surface area (Å²) >= 11 is 0. The lowest BCUT2D eigenvalue weighted by molar-refractivity contribution is -0.121. The predicted octanol–water partition coefficient (Wildman–Crippen LogP) is -0.858. The van der Waals surface area contributed by atoms with E-state index in [-0.39, 0.29) is 11.8 Å². The quantitative estimate of drug-likeness (QED) is 0.578. The predicted molar refractivity (Wildman–Crippen MR) is 47.4 cm³/mol. The molecule has 1 atom stereocenters. The normalized spacial score (nSPS) is 24.6. The number of nitrogens with zero attached hydrogens (tertiary/aromatic N) is 1. The maximum atomic E-state index is 10.8. The summed E-state index contributed by atoms with van der Waals surface area (Å²) in [5, 5.41) is 0. The molecule has 1 unspecified atom stereocenters. The minimum atomic E-state index is -0.162. The summed E-state index contributed by atoms with van der Waals surface area (Å²) < 4.78 is 0. The Balaban J connectivity index is 2.21. The molecule has 0 aromatic carbocycles. The van der Waals surface area contributed by atoms with Gasteiger partial charge >= 0.3 is 0 Å². The van der Waals surface area contributed by atoms with Crippen molar-refractivity contribution in [1.29, 1.82) is 0 Å². The Kier molecular flexibility index (Phi) is 3.49. The van der Waals surface area contributed by atoms with Gasteiger partial charge < -0.3 is 16.4 Å². The second-order valence-electron chi connectivity index (χ2n) is 3.33. The number of carbonyl (C=O) groups excluding carboxylic acids is 1. The third-order valence-electron chi connectivity index (χ3n) is 2.35. The van der Waals surface area contributed by atoms with Gasteiger partial charge in [-0.3, -0.25) is 4.79 Å². The van der Waals surface area contributed by atoms with E-state index >= 15 is 0 Å². The van der Waals surface area contributed by atoms with Crippen molar-refractivity contribution < 1.29 is 4.79 Å². The van der Waals surface area contributed by atoms with Crippen LogP contribution >= 0.6 is 0 Å². The van der Waals surface area contributed by atoms with Crippen molar-refractivity contribution in [2.24, 2.45) is 17.4 Å². The molecule has 0 bridgehead atoms. The second kappa shape index (κ2) is 4.42. The summed E-state index contributed by atoms with van der Waals surface area (Å²) in [6.45, 7) is 3.54. The molecule has 0 aliphatic carbocycles. The summed E-state index contributed by atoms with van der Waals surface area (Å²) in [6, 6.07) is 0. The van der Waals surface area contributed by atoms with Crippen LogP contribution in [-0.4, -0.2) is 37.0 Å². The Labute approximate surface area is 72.9 Å². The number of primary amides is 1. The maximum Gasteiger partial charge on any atom is 0.221 e. The van der Waals surface area contributed by atoms with Gasteiger partial charge in [0.1, 0.15) is 0 Å². The second-order valence-corrected chi connectivity index (χ2v) is 3.33. The monoisotopic (exact) mass is 171 g/mol. The van der Waals surface area contributed by atoms with Gasteiger partial charge in [-0.1, -0.05) is 0 Å². The zero-order valence-electron chi connectivity index (χ0n) is 7.33. The van der Waals surface area contributed by atoms with Crippen molar-refractivity contribution in [3.05, 3.63) is 0 Å². The van der Waals surface area contributed by atoms with E-state index < -0.39 is 0 Å². The molecule has 1 heterocycles. The highest BCUT2D eigenvalue weighted by molar-refractivity contribution is 5.77. The highest BCUT2D eigenvalue weighted by Gasteiger charge is 2.25. The molecule has 12 heavy (non-hydrogen) atoms. The highest BCUT2D eigenvalue weighted by atomic mass is 16.1. The van der Waals surface area contributed by atoms with Crippen LogP contribution in [0, 0.1) is 5.92 Å². The van der Waals surface area contributed by atoms with Crippen molar-refractivity contribution in [3.8, 4) is 0 Å². The van der Waals surface area contributed by atoms with Gasteiger partial charge in [-0.25, -0.2) is 0 Å². The molecule has 1 aliphatic heterocycles. The van der Waals surface area contributed by atoms with E-state index in [1.165, 1.54) is 0 Å². The molecule has 4 nitrogen and oxygen atoms in total. The minimum Gasteiger partial charge on any atom is -0.369 e. The first-order valence-electron chi connectivity index (χ1n) is 4.45. The average molecular weight is 171 g/mol. The van der Waals surface area contributed by atoms with E-state index in [0.717, 1.165) is 39.0 Å². The summed E-state index contributed by atoms with van der Waals surface area (Å²) in [5.74, 6) is -0.0898. The van der Waals surface area contributed by atoms with E-state index in [4.69, 9.17) is 11.5 Å². The van der Waals surface area contributed by atoms with Crippen LogP contribution in [0.2, 0.25) is 0 Å². The van der Waals surface area contributed by atoms with Crippen LogP contribution < -0.4 is 11.5 Å². The molecule has 1 saturated heterocycles. The van der Waals surface area contributed by atoms with Gasteiger partial charge in [0.05, 0.1) is 5.92 Å². The Morgan fingerprint density at radius 1 is 1.58 bits per heavy atom. The van der Waals surface area contributed by atoms with Gasteiger partial charge in [0.15, 0.2) is 0 Å². The summed E-state index contributed by atoms with van der Waals surface area (Å²) in [6.07, 6.45) is 1.92. The lowest BCUT2D eigenvalue weighted by Gasteiger charge is -2.13. The Bertz CT molecular complexity index is 160. The molecule has 0 spiro atoms. The summed E-state index contributed by atoms with van der Waals surface area (Å²) in [7, 11) is 0. The van der Waals surface area contributed by atoms with Gasteiger partial charge in [0, 0.05) is 6.54 Å². The van der Waals surface area contributed by atoms with Crippen LogP contribution in [0.4, 0.5) is 0 Å². The standard InChI is InChI=1S/C8H17N3O/c9-3-1-4-11-5-2-7(6-11)8(10)12/h7H,1-6,9H2,(H2,10,12). The van der Waals surface area contributed by atoms with Crippen molar-refractivity contribution >= 4 is 5.91 Å². The number of rotatable bonds is 4. The fraction of sp³-hybridized carbons (Fsp3) is 0.875. The van der Waals surface area contributed by atoms with Crippen LogP contribution in [-0.2, 0) is 4.79 Å². The summed E-state index contributed by atoms with van der Waals surface area (Å²) in [5.41, 5.74) is 10.6. The topological polar surface area (TPSA) is 72.3 Å². The first-order chi connectivity index (χ1) is 5.74. The number of likely N-dealkylation sites (tertiary alicyclic amines) is 1. The van der Waals surface area contributed by atoms with Crippen LogP contribution in [0.1, 0.15) is 12.8 Å². The zero-order valence-corrected chi connectivity index (χ0v) is 7.33. The molecule has 0 saturated carbocycles. The number of hydrogen-bond acceptors (Lipinski definition) is 3. The third kappa shape index (κ3) is 2.46. The van der Waals surface area contributed by atoms with Gasteiger partial charge in [0.25, 0.3) is 0 Å². The number of amides is 1. The van der Waals surface area contributed by atoms with E-state index in [0.29, 0.717) is 0 Å². The summed E-state index contributed by atoms with van der Waals surface area (Å²) in [4.78, 5) is 13.0. The van der Waals surface area contributed by atoms with E-state index in [2.05, 4.69) is 4.90 Å². The van der Waals surface area contributed by atoms with Gasteiger partial charge in [-0.05, 0) is 32.5 Å². The smallest absolute Gasteiger partial charge is 0.221 e. The Morgan fingerprint density at radius 2 is 2.33 bits per heavy atom. The van der Waals surface area contributed by atoms with Crippen molar-refractivity contribution in [1.82, 2.24) is 4.90 Å². The van der Waals surface area contributed by atoms with Gasteiger partial charge in [-0.15, -0.1) is 0 Å². The van der Waals surface area contributed by atoms with Gasteiger partial charge in [-0.2, -0.15) is 0 Å². The Morgan fingerprint density at radius 3 is 2.83 bits per heavy atom. The fourth-order valence-corrected chi connectivity index (χ4v) is 1.58. The molecule has 1 amide bonds. The third-order valence-corrected chi connectivity index (χ3v) is 2.35. The fourth-order valence-electron chi connectivity index (χ4n) is 1.58.